The van der Waals surface area contributed by atoms with E-state index >= 15 is 0 Å². The Morgan fingerprint density at radius 1 is 1.53 bits per heavy atom. The highest BCUT2D eigenvalue weighted by molar-refractivity contribution is 7.09. The Bertz CT molecular complexity index is 286. The van der Waals surface area contributed by atoms with E-state index in [0.29, 0.717) is 6.04 Å². The van der Waals surface area contributed by atoms with Crippen LogP contribution in [0.25, 0.3) is 0 Å². The Kier molecular flexibility index (Phi) is 5.22. The maximum Gasteiger partial charge on any atom is 0.0926 e. The molecule has 0 bridgehead atoms. The maximum absolute atomic E-state index is 8.96. The molecule has 1 aromatic rings. The van der Waals surface area contributed by atoms with Gasteiger partial charge in [-0.2, -0.15) is 0 Å². The van der Waals surface area contributed by atoms with Gasteiger partial charge in [0.15, 0.2) is 0 Å². The fourth-order valence-electron chi connectivity index (χ4n) is 1.44. The summed E-state index contributed by atoms with van der Waals surface area (Å²) in [5.41, 5.74) is 1.12. The van der Waals surface area contributed by atoms with Crippen LogP contribution in [-0.4, -0.2) is 34.2 Å². The van der Waals surface area contributed by atoms with Crippen LogP contribution in [0.15, 0.2) is 5.38 Å². The number of aliphatic hydroxyl groups excluding tert-OH is 1. The number of nitrogens with zero attached hydrogens (tertiary/aromatic N) is 2. The van der Waals surface area contributed by atoms with Crippen molar-refractivity contribution in [2.75, 3.05) is 13.2 Å². The molecule has 1 N–H and O–H groups in total. The van der Waals surface area contributed by atoms with Crippen LogP contribution < -0.4 is 0 Å². The van der Waals surface area contributed by atoms with Crippen molar-refractivity contribution in [1.82, 2.24) is 9.88 Å². The molecule has 1 rings (SSSR count). The summed E-state index contributed by atoms with van der Waals surface area (Å²) in [7, 11) is 0. The van der Waals surface area contributed by atoms with Crippen LogP contribution in [0.5, 0.6) is 0 Å². The van der Waals surface area contributed by atoms with Gasteiger partial charge in [0.05, 0.1) is 17.3 Å². The Balaban J connectivity index is 2.57. The quantitative estimate of drug-likeness (QED) is 0.808. The minimum absolute atomic E-state index is 0.211. The van der Waals surface area contributed by atoms with Gasteiger partial charge in [-0.1, -0.05) is 6.92 Å². The van der Waals surface area contributed by atoms with Crippen LogP contribution in [0, 0.1) is 0 Å². The van der Waals surface area contributed by atoms with Crippen molar-refractivity contribution < 1.29 is 5.11 Å². The number of rotatable bonds is 6. The molecule has 0 amide bonds. The highest BCUT2D eigenvalue weighted by Crippen LogP contribution is 2.13. The predicted octanol–water partition coefficient (Wildman–Crippen LogP) is 1.91. The molecular weight excluding hydrogens is 208 g/mol. The van der Waals surface area contributed by atoms with Gasteiger partial charge >= 0.3 is 0 Å². The molecule has 0 aliphatic rings. The average Bonchev–Trinajstić information content (AvgIpc) is 2.65. The molecule has 1 heterocycles. The second-order valence-corrected chi connectivity index (χ2v) is 4.82. The van der Waals surface area contributed by atoms with Crippen LogP contribution in [0.1, 0.15) is 31.5 Å². The Labute approximate surface area is 95.8 Å². The molecule has 0 radical (unpaired) electrons. The van der Waals surface area contributed by atoms with Crippen molar-refractivity contribution in [1.29, 1.82) is 0 Å². The zero-order chi connectivity index (χ0) is 11.3. The molecule has 15 heavy (non-hydrogen) atoms. The lowest BCUT2D eigenvalue weighted by Crippen LogP contribution is -2.33. The summed E-state index contributed by atoms with van der Waals surface area (Å²) in [5, 5.41) is 12.3. The molecule has 0 fully saturated rings. The van der Waals surface area contributed by atoms with Gasteiger partial charge in [-0.05, 0) is 20.3 Å². The van der Waals surface area contributed by atoms with E-state index in [0.717, 1.165) is 25.2 Å². The van der Waals surface area contributed by atoms with Crippen LogP contribution in [0.2, 0.25) is 0 Å². The monoisotopic (exact) mass is 228 g/mol. The van der Waals surface area contributed by atoms with Crippen molar-refractivity contribution in [2.24, 2.45) is 0 Å². The molecule has 0 spiro atoms. The van der Waals surface area contributed by atoms with Crippen LogP contribution in [0.3, 0.4) is 0 Å². The summed E-state index contributed by atoms with van der Waals surface area (Å²) in [5.74, 6) is 0. The Hall–Kier alpha value is -0.450. The summed E-state index contributed by atoms with van der Waals surface area (Å²) < 4.78 is 0. The Morgan fingerprint density at radius 3 is 2.73 bits per heavy atom. The molecule has 0 aromatic carbocycles. The first-order valence-electron chi connectivity index (χ1n) is 5.45. The highest BCUT2D eigenvalue weighted by atomic mass is 32.1. The third-order valence-electron chi connectivity index (χ3n) is 2.38. The second kappa shape index (κ2) is 6.20. The van der Waals surface area contributed by atoms with E-state index in [2.05, 4.69) is 36.0 Å². The number of aryl methyl sites for hydroxylation is 1. The molecule has 4 heteroatoms. The molecule has 0 unspecified atom stereocenters. The van der Waals surface area contributed by atoms with Crippen molar-refractivity contribution in [3.05, 3.63) is 16.1 Å². The minimum atomic E-state index is 0.211. The van der Waals surface area contributed by atoms with E-state index in [9.17, 15) is 0 Å². The first-order valence-corrected chi connectivity index (χ1v) is 6.33. The van der Waals surface area contributed by atoms with Crippen molar-refractivity contribution in [2.45, 2.75) is 39.8 Å². The third kappa shape index (κ3) is 3.89. The summed E-state index contributed by atoms with van der Waals surface area (Å²) in [4.78, 5) is 6.76. The van der Waals surface area contributed by atoms with Crippen LogP contribution in [0.4, 0.5) is 0 Å². The van der Waals surface area contributed by atoms with Crippen LogP contribution in [-0.2, 0) is 13.0 Å². The lowest BCUT2D eigenvalue weighted by Gasteiger charge is -2.24. The lowest BCUT2D eigenvalue weighted by atomic mass is 10.3. The largest absolute Gasteiger partial charge is 0.395 e. The summed E-state index contributed by atoms with van der Waals surface area (Å²) in [6, 6.07) is 0.448. The standard InChI is InChI=1S/C11H20N2OS/c1-4-11-12-10(8-15-11)7-13(5-6-14)9(2)3/h8-9,14H,4-7H2,1-3H3. The first-order chi connectivity index (χ1) is 7.17. The van der Waals surface area contributed by atoms with E-state index in [1.807, 2.05) is 0 Å². The molecular formula is C11H20N2OS. The predicted molar refractivity (Wildman–Crippen MR) is 64.1 cm³/mol. The van der Waals surface area contributed by atoms with E-state index in [4.69, 9.17) is 5.11 Å². The fraction of sp³-hybridized carbons (Fsp3) is 0.727. The normalized spacial score (nSPS) is 11.6. The molecule has 0 aliphatic heterocycles. The summed E-state index contributed by atoms with van der Waals surface area (Å²) >= 11 is 1.72. The van der Waals surface area contributed by atoms with Gasteiger partial charge in [0.1, 0.15) is 0 Å². The molecule has 0 aliphatic carbocycles. The van der Waals surface area contributed by atoms with E-state index in [-0.39, 0.29) is 6.61 Å². The Morgan fingerprint density at radius 2 is 2.27 bits per heavy atom. The van der Waals surface area contributed by atoms with Gasteiger partial charge in [0.25, 0.3) is 0 Å². The topological polar surface area (TPSA) is 36.4 Å². The van der Waals surface area contributed by atoms with Gasteiger partial charge in [-0.15, -0.1) is 11.3 Å². The minimum Gasteiger partial charge on any atom is -0.395 e. The molecule has 3 nitrogen and oxygen atoms in total. The molecule has 0 saturated heterocycles. The lowest BCUT2D eigenvalue weighted by molar-refractivity contribution is 0.158. The maximum atomic E-state index is 8.96. The zero-order valence-electron chi connectivity index (χ0n) is 9.73. The van der Waals surface area contributed by atoms with E-state index in [1.54, 1.807) is 11.3 Å². The van der Waals surface area contributed by atoms with E-state index < -0.39 is 0 Å². The molecule has 1 aromatic heterocycles. The first kappa shape index (κ1) is 12.6. The smallest absolute Gasteiger partial charge is 0.0926 e. The molecule has 86 valence electrons. The zero-order valence-corrected chi connectivity index (χ0v) is 10.5. The van der Waals surface area contributed by atoms with Gasteiger partial charge in [-0.3, -0.25) is 4.90 Å². The summed E-state index contributed by atoms with van der Waals surface area (Å²) in [6.45, 7) is 8.18. The summed E-state index contributed by atoms with van der Waals surface area (Å²) in [6.07, 6.45) is 1.01. The number of hydrogen-bond acceptors (Lipinski definition) is 4. The number of aliphatic hydroxyl groups is 1. The molecule has 0 atom stereocenters. The average molecular weight is 228 g/mol. The molecule has 0 saturated carbocycles. The second-order valence-electron chi connectivity index (χ2n) is 3.87. The highest BCUT2D eigenvalue weighted by Gasteiger charge is 2.11. The van der Waals surface area contributed by atoms with Gasteiger partial charge < -0.3 is 5.11 Å². The van der Waals surface area contributed by atoms with Gasteiger partial charge in [-0.25, -0.2) is 4.98 Å². The number of hydrogen-bond donors (Lipinski definition) is 1. The van der Waals surface area contributed by atoms with Gasteiger partial charge in [0.2, 0.25) is 0 Å². The van der Waals surface area contributed by atoms with Crippen molar-refractivity contribution in [3.63, 3.8) is 0 Å². The SMILES string of the molecule is CCc1nc(CN(CCO)C(C)C)cs1. The van der Waals surface area contributed by atoms with Gasteiger partial charge in [0, 0.05) is 24.5 Å². The van der Waals surface area contributed by atoms with Crippen molar-refractivity contribution >= 4 is 11.3 Å². The van der Waals surface area contributed by atoms with Crippen LogP contribution >= 0.6 is 11.3 Å². The number of thiazole rings is 1. The number of aromatic nitrogens is 1. The third-order valence-corrected chi connectivity index (χ3v) is 3.43. The van der Waals surface area contributed by atoms with E-state index in [1.165, 1.54) is 5.01 Å². The van der Waals surface area contributed by atoms with Crippen molar-refractivity contribution in [3.8, 4) is 0 Å². The fourth-order valence-corrected chi connectivity index (χ4v) is 2.18.